The van der Waals surface area contributed by atoms with E-state index in [1.165, 1.54) is 0 Å². The Labute approximate surface area is 186 Å². The van der Waals surface area contributed by atoms with Crippen molar-refractivity contribution in [2.75, 3.05) is 0 Å². The van der Waals surface area contributed by atoms with Crippen LogP contribution in [-0.4, -0.2) is 22.2 Å². The molecule has 0 bridgehead atoms. The molecule has 0 aromatic heterocycles. The predicted octanol–water partition coefficient (Wildman–Crippen LogP) is 6.78. The normalized spacial score (nSPS) is 15.8. The lowest BCUT2D eigenvalue weighted by molar-refractivity contribution is -0.123. The van der Waals surface area contributed by atoms with Gasteiger partial charge in [-0.05, 0) is 77.4 Å². The third-order valence-electron chi connectivity index (χ3n) is 3.87. The maximum atomic E-state index is 12.7. The largest absolute Gasteiger partial charge is 0.490 e. The van der Waals surface area contributed by atoms with Gasteiger partial charge in [-0.2, -0.15) is 0 Å². The third kappa shape index (κ3) is 4.74. The highest BCUT2D eigenvalue weighted by Crippen LogP contribution is 2.36. The molecule has 0 N–H and O–H groups in total. The molecule has 3 rings (SSSR count). The molecule has 1 fully saturated rings. The highest BCUT2D eigenvalue weighted by Gasteiger charge is 2.35. The summed E-state index contributed by atoms with van der Waals surface area (Å²) in [7, 11) is 0. The lowest BCUT2D eigenvalue weighted by Crippen LogP contribution is -2.27. The number of halogens is 3. The van der Waals surface area contributed by atoms with Crippen LogP contribution in [-0.2, 0) is 11.3 Å². The minimum atomic E-state index is -0.371. The van der Waals surface area contributed by atoms with Crippen molar-refractivity contribution in [3.63, 3.8) is 0 Å². The van der Waals surface area contributed by atoms with E-state index in [2.05, 4.69) is 15.9 Å². The van der Waals surface area contributed by atoms with E-state index in [1.807, 2.05) is 32.0 Å². The van der Waals surface area contributed by atoms with Gasteiger partial charge in [-0.1, -0.05) is 35.3 Å². The smallest absolute Gasteiger partial charge is 0.293 e. The molecule has 0 spiro atoms. The zero-order valence-electron chi connectivity index (χ0n) is 15.0. The first-order valence-electron chi connectivity index (χ1n) is 8.40. The molecule has 0 unspecified atom stereocenters. The maximum absolute atomic E-state index is 12.7. The quantitative estimate of drug-likeness (QED) is 0.424. The summed E-state index contributed by atoms with van der Waals surface area (Å²) < 4.78 is 6.46. The number of ether oxygens (including phenoxy) is 1. The number of thioether (sulfide) groups is 1. The Bertz CT molecular complexity index is 958. The molecular formula is C20H16BrCl2NO3S. The fourth-order valence-electron chi connectivity index (χ4n) is 2.59. The number of imide groups is 1. The second-order valence-corrected chi connectivity index (χ2v) is 8.99. The minimum absolute atomic E-state index is 0.0331. The van der Waals surface area contributed by atoms with Crippen molar-refractivity contribution in [1.29, 1.82) is 0 Å². The van der Waals surface area contributed by atoms with Crippen LogP contribution in [0.2, 0.25) is 10.0 Å². The van der Waals surface area contributed by atoms with E-state index in [0.717, 1.165) is 26.7 Å². The van der Waals surface area contributed by atoms with E-state index in [1.54, 1.807) is 24.3 Å². The van der Waals surface area contributed by atoms with Crippen molar-refractivity contribution in [2.24, 2.45) is 0 Å². The molecule has 146 valence electrons. The van der Waals surface area contributed by atoms with Gasteiger partial charge in [0, 0.05) is 15.6 Å². The van der Waals surface area contributed by atoms with E-state index in [-0.39, 0.29) is 23.8 Å². The van der Waals surface area contributed by atoms with Crippen LogP contribution in [0.15, 0.2) is 45.8 Å². The summed E-state index contributed by atoms with van der Waals surface area (Å²) in [6.07, 6.45) is 1.73. The Morgan fingerprint density at radius 2 is 1.86 bits per heavy atom. The molecule has 28 heavy (non-hydrogen) atoms. The van der Waals surface area contributed by atoms with Crippen LogP contribution in [0, 0.1) is 0 Å². The van der Waals surface area contributed by atoms with Crippen molar-refractivity contribution in [1.82, 2.24) is 4.90 Å². The Morgan fingerprint density at radius 1 is 1.18 bits per heavy atom. The van der Waals surface area contributed by atoms with Gasteiger partial charge in [0.2, 0.25) is 0 Å². The van der Waals surface area contributed by atoms with E-state index in [0.29, 0.717) is 26.3 Å². The van der Waals surface area contributed by atoms with Crippen molar-refractivity contribution in [3.8, 4) is 5.75 Å². The van der Waals surface area contributed by atoms with E-state index in [4.69, 9.17) is 27.9 Å². The third-order valence-corrected chi connectivity index (χ3v) is 6.10. The average Bonchev–Trinajstić information content (AvgIpc) is 2.87. The standard InChI is InChI=1S/C20H16BrCl2NO3S/c1-11(2)27-17-7-6-12(8-14(17)21)9-18-19(25)24(20(26)28-18)10-13-15(22)4-3-5-16(13)23/h3-9,11H,10H2,1-2H3/b18-9-. The zero-order chi connectivity index (χ0) is 20.4. The van der Waals surface area contributed by atoms with Crippen LogP contribution in [0.3, 0.4) is 0 Å². The molecule has 8 heteroatoms. The van der Waals surface area contributed by atoms with Gasteiger partial charge in [-0.3, -0.25) is 14.5 Å². The predicted molar refractivity (Wildman–Crippen MR) is 118 cm³/mol. The second kappa shape index (κ2) is 8.91. The molecular weight excluding hydrogens is 485 g/mol. The van der Waals surface area contributed by atoms with Crippen LogP contribution in [0.5, 0.6) is 5.75 Å². The monoisotopic (exact) mass is 499 g/mol. The second-order valence-electron chi connectivity index (χ2n) is 6.32. The number of hydrogen-bond acceptors (Lipinski definition) is 4. The van der Waals surface area contributed by atoms with Crippen LogP contribution in [0.1, 0.15) is 25.0 Å². The van der Waals surface area contributed by atoms with Crippen molar-refractivity contribution >= 4 is 68.1 Å². The maximum Gasteiger partial charge on any atom is 0.293 e. The van der Waals surface area contributed by atoms with Crippen LogP contribution < -0.4 is 4.74 Å². The molecule has 2 amide bonds. The first-order valence-corrected chi connectivity index (χ1v) is 10.8. The Kier molecular flexibility index (Phi) is 6.76. The molecule has 0 saturated carbocycles. The Morgan fingerprint density at radius 3 is 2.46 bits per heavy atom. The molecule has 1 heterocycles. The molecule has 0 aliphatic carbocycles. The van der Waals surface area contributed by atoms with Gasteiger partial charge >= 0.3 is 0 Å². The average molecular weight is 501 g/mol. The van der Waals surface area contributed by atoms with Gasteiger partial charge < -0.3 is 4.74 Å². The Balaban J connectivity index is 1.82. The minimum Gasteiger partial charge on any atom is -0.490 e. The van der Waals surface area contributed by atoms with Gasteiger partial charge in [0.15, 0.2) is 0 Å². The fourth-order valence-corrected chi connectivity index (χ4v) is 4.43. The highest BCUT2D eigenvalue weighted by molar-refractivity contribution is 9.10. The summed E-state index contributed by atoms with van der Waals surface area (Å²) in [4.78, 5) is 26.6. The molecule has 2 aromatic carbocycles. The first kappa shape index (κ1) is 21.2. The molecule has 0 atom stereocenters. The van der Waals surface area contributed by atoms with E-state index >= 15 is 0 Å². The summed E-state index contributed by atoms with van der Waals surface area (Å²) in [5, 5.41) is 0.478. The number of hydrogen-bond donors (Lipinski definition) is 0. The van der Waals surface area contributed by atoms with Gasteiger partial charge in [0.25, 0.3) is 11.1 Å². The number of amides is 2. The summed E-state index contributed by atoms with van der Waals surface area (Å²) in [5.74, 6) is 0.346. The first-order chi connectivity index (χ1) is 13.3. The lowest BCUT2D eigenvalue weighted by atomic mass is 10.2. The number of rotatable bonds is 5. The molecule has 1 aliphatic rings. The molecule has 1 saturated heterocycles. The lowest BCUT2D eigenvalue weighted by Gasteiger charge is -2.14. The summed E-state index contributed by atoms with van der Waals surface area (Å²) in [6, 6.07) is 10.6. The molecule has 1 aliphatic heterocycles. The number of carbonyl (C=O) groups excluding carboxylic acids is 2. The number of nitrogens with zero attached hydrogens (tertiary/aromatic N) is 1. The van der Waals surface area contributed by atoms with Crippen molar-refractivity contribution in [2.45, 2.75) is 26.5 Å². The topological polar surface area (TPSA) is 46.6 Å². The van der Waals surface area contributed by atoms with Crippen molar-refractivity contribution < 1.29 is 14.3 Å². The SMILES string of the molecule is CC(C)Oc1ccc(/C=C2\SC(=O)N(Cc3c(Cl)cccc3Cl)C2=O)cc1Br. The van der Waals surface area contributed by atoms with Gasteiger partial charge in [0.05, 0.1) is 22.0 Å². The van der Waals surface area contributed by atoms with Gasteiger partial charge in [-0.15, -0.1) is 0 Å². The highest BCUT2D eigenvalue weighted by atomic mass is 79.9. The van der Waals surface area contributed by atoms with E-state index in [9.17, 15) is 9.59 Å². The van der Waals surface area contributed by atoms with Crippen molar-refractivity contribution in [3.05, 3.63) is 66.9 Å². The molecule has 4 nitrogen and oxygen atoms in total. The summed E-state index contributed by atoms with van der Waals surface area (Å²) >= 11 is 16.7. The number of carbonyl (C=O) groups is 2. The fraction of sp³-hybridized carbons (Fsp3) is 0.200. The summed E-state index contributed by atoms with van der Waals surface area (Å²) in [5.41, 5.74) is 1.33. The molecule has 2 aromatic rings. The zero-order valence-corrected chi connectivity index (χ0v) is 19.0. The van der Waals surface area contributed by atoms with Crippen LogP contribution in [0.4, 0.5) is 4.79 Å². The number of benzene rings is 2. The van der Waals surface area contributed by atoms with Crippen LogP contribution in [0.25, 0.3) is 6.08 Å². The van der Waals surface area contributed by atoms with Crippen LogP contribution >= 0.6 is 50.9 Å². The van der Waals surface area contributed by atoms with E-state index < -0.39 is 0 Å². The van der Waals surface area contributed by atoms with Gasteiger partial charge in [-0.25, -0.2) is 0 Å². The van der Waals surface area contributed by atoms with Gasteiger partial charge in [0.1, 0.15) is 5.75 Å². The Hall–Kier alpha value is -1.47. The molecule has 0 radical (unpaired) electrons. The summed E-state index contributed by atoms with van der Waals surface area (Å²) in [6.45, 7) is 3.93.